The molecule has 0 aromatic heterocycles. The van der Waals surface area contributed by atoms with Gasteiger partial charge in [-0.25, -0.2) is 0 Å². The average molecular weight is 316 g/mol. The second-order valence-corrected chi connectivity index (χ2v) is 8.59. The monoisotopic (exact) mass is 316 g/mol. The molecular formula is C14H24N2O4S. The van der Waals surface area contributed by atoms with E-state index in [1.807, 2.05) is 0 Å². The van der Waals surface area contributed by atoms with E-state index in [1.165, 1.54) is 4.31 Å². The molecule has 120 valence electrons. The molecule has 0 aromatic carbocycles. The van der Waals surface area contributed by atoms with Crippen molar-refractivity contribution in [3.63, 3.8) is 0 Å². The van der Waals surface area contributed by atoms with Crippen LogP contribution in [0, 0.1) is 11.3 Å². The van der Waals surface area contributed by atoms with Crippen LogP contribution in [0.2, 0.25) is 0 Å². The van der Waals surface area contributed by atoms with E-state index < -0.39 is 21.6 Å². The number of rotatable bonds is 3. The SMILES string of the molecule is O=C(O)[C@@]12CCC[C@H]1CN(S(=O)(=O)N1CCCCCC1)C2. The standard InChI is InChI=1S/C14H24N2O4S/c17-13(18)14-7-5-6-12(14)10-16(11-14)21(19,20)15-8-3-1-2-4-9-15/h12H,1-11H2,(H,17,18)/t12-,14+/m0/s1. The molecule has 2 heterocycles. The molecule has 2 saturated heterocycles. The minimum atomic E-state index is -3.50. The van der Waals surface area contributed by atoms with E-state index in [0.29, 0.717) is 26.1 Å². The van der Waals surface area contributed by atoms with Crippen LogP contribution in [0.3, 0.4) is 0 Å². The van der Waals surface area contributed by atoms with Gasteiger partial charge in [0.1, 0.15) is 0 Å². The fourth-order valence-electron chi connectivity index (χ4n) is 4.20. The van der Waals surface area contributed by atoms with Gasteiger partial charge in [0.2, 0.25) is 0 Å². The third kappa shape index (κ3) is 2.49. The number of hydrogen-bond donors (Lipinski definition) is 1. The van der Waals surface area contributed by atoms with Crippen molar-refractivity contribution in [1.82, 2.24) is 8.61 Å². The topological polar surface area (TPSA) is 77.9 Å². The zero-order valence-corrected chi connectivity index (χ0v) is 13.1. The first-order valence-corrected chi connectivity index (χ1v) is 9.35. The van der Waals surface area contributed by atoms with Gasteiger partial charge in [-0.05, 0) is 31.6 Å². The van der Waals surface area contributed by atoms with Crippen LogP contribution in [-0.2, 0) is 15.0 Å². The van der Waals surface area contributed by atoms with E-state index in [1.54, 1.807) is 4.31 Å². The molecule has 0 radical (unpaired) electrons. The van der Waals surface area contributed by atoms with Crippen LogP contribution in [0.1, 0.15) is 44.9 Å². The number of carboxylic acid groups (broad SMARTS) is 1. The lowest BCUT2D eigenvalue weighted by Gasteiger charge is -2.27. The fraction of sp³-hybridized carbons (Fsp3) is 0.929. The number of carboxylic acids is 1. The summed E-state index contributed by atoms with van der Waals surface area (Å²) in [4.78, 5) is 11.7. The predicted molar refractivity (Wildman–Crippen MR) is 77.9 cm³/mol. The van der Waals surface area contributed by atoms with Crippen molar-refractivity contribution in [2.45, 2.75) is 44.9 Å². The van der Waals surface area contributed by atoms with Crippen LogP contribution >= 0.6 is 0 Å². The van der Waals surface area contributed by atoms with Crippen LogP contribution in [0.4, 0.5) is 0 Å². The maximum Gasteiger partial charge on any atom is 0.311 e. The lowest BCUT2D eigenvalue weighted by molar-refractivity contribution is -0.149. The molecular weight excluding hydrogens is 292 g/mol. The summed E-state index contributed by atoms with van der Waals surface area (Å²) in [5.41, 5.74) is -0.834. The van der Waals surface area contributed by atoms with E-state index in [0.717, 1.165) is 38.5 Å². The molecule has 0 bridgehead atoms. The minimum absolute atomic E-state index is 0.0169. The van der Waals surface area contributed by atoms with Crippen LogP contribution in [-0.4, -0.2) is 54.3 Å². The Kier molecular flexibility index (Phi) is 4.00. The zero-order valence-electron chi connectivity index (χ0n) is 12.3. The van der Waals surface area contributed by atoms with E-state index in [9.17, 15) is 18.3 Å². The Morgan fingerprint density at radius 3 is 2.29 bits per heavy atom. The average Bonchev–Trinajstić information content (AvgIpc) is 2.86. The minimum Gasteiger partial charge on any atom is -0.481 e. The van der Waals surface area contributed by atoms with Crippen molar-refractivity contribution < 1.29 is 18.3 Å². The Labute approximate surface area is 126 Å². The normalized spacial score (nSPS) is 35.5. The summed E-state index contributed by atoms with van der Waals surface area (Å²) >= 11 is 0. The molecule has 0 aromatic rings. The van der Waals surface area contributed by atoms with Gasteiger partial charge in [-0.3, -0.25) is 4.79 Å². The summed E-state index contributed by atoms with van der Waals surface area (Å²) in [7, 11) is -3.50. The molecule has 1 N–H and O–H groups in total. The maximum absolute atomic E-state index is 12.8. The van der Waals surface area contributed by atoms with Gasteiger partial charge in [-0.1, -0.05) is 19.3 Å². The highest BCUT2D eigenvalue weighted by Crippen LogP contribution is 2.49. The van der Waals surface area contributed by atoms with Gasteiger partial charge in [0.25, 0.3) is 10.2 Å². The number of fused-ring (bicyclic) bond motifs is 1. The van der Waals surface area contributed by atoms with Crippen molar-refractivity contribution in [3.05, 3.63) is 0 Å². The molecule has 3 rings (SSSR count). The van der Waals surface area contributed by atoms with E-state index in [-0.39, 0.29) is 12.5 Å². The van der Waals surface area contributed by atoms with Crippen molar-refractivity contribution >= 4 is 16.2 Å². The predicted octanol–water partition coefficient (Wildman–Crippen LogP) is 1.29. The maximum atomic E-state index is 12.8. The third-order valence-corrected chi connectivity index (χ3v) is 7.43. The largest absolute Gasteiger partial charge is 0.481 e. The second-order valence-electron chi connectivity index (χ2n) is 6.66. The van der Waals surface area contributed by atoms with Gasteiger partial charge in [0.15, 0.2) is 0 Å². The van der Waals surface area contributed by atoms with Crippen LogP contribution in [0.15, 0.2) is 0 Å². The Bertz CT molecular complexity index is 513. The highest BCUT2D eigenvalue weighted by Gasteiger charge is 2.57. The molecule has 0 spiro atoms. The summed E-state index contributed by atoms with van der Waals surface area (Å²) in [5, 5.41) is 9.58. The molecule has 6 nitrogen and oxygen atoms in total. The highest BCUT2D eigenvalue weighted by molar-refractivity contribution is 7.86. The molecule has 1 aliphatic carbocycles. The molecule has 21 heavy (non-hydrogen) atoms. The summed E-state index contributed by atoms with van der Waals surface area (Å²) in [6.45, 7) is 1.68. The third-order valence-electron chi connectivity index (χ3n) is 5.48. The summed E-state index contributed by atoms with van der Waals surface area (Å²) in [6.07, 6.45) is 6.30. The summed E-state index contributed by atoms with van der Waals surface area (Å²) in [5.74, 6) is -0.838. The second kappa shape index (κ2) is 5.52. The smallest absolute Gasteiger partial charge is 0.311 e. The Morgan fingerprint density at radius 2 is 1.71 bits per heavy atom. The lowest BCUT2D eigenvalue weighted by atomic mass is 9.81. The van der Waals surface area contributed by atoms with E-state index in [2.05, 4.69) is 0 Å². The summed E-state index contributed by atoms with van der Waals surface area (Å²) in [6, 6.07) is 0. The first-order chi connectivity index (χ1) is 9.97. The van der Waals surface area contributed by atoms with Gasteiger partial charge in [-0.2, -0.15) is 17.0 Å². The van der Waals surface area contributed by atoms with Gasteiger partial charge >= 0.3 is 5.97 Å². The van der Waals surface area contributed by atoms with Crippen molar-refractivity contribution in [1.29, 1.82) is 0 Å². The van der Waals surface area contributed by atoms with E-state index in [4.69, 9.17) is 0 Å². The highest BCUT2D eigenvalue weighted by atomic mass is 32.2. The number of nitrogens with zero attached hydrogens (tertiary/aromatic N) is 2. The van der Waals surface area contributed by atoms with Gasteiger partial charge in [0.05, 0.1) is 5.41 Å². The van der Waals surface area contributed by atoms with Gasteiger partial charge < -0.3 is 5.11 Å². The molecule has 0 amide bonds. The molecule has 1 saturated carbocycles. The molecule has 2 aliphatic heterocycles. The number of hydrogen-bond acceptors (Lipinski definition) is 3. The first-order valence-electron chi connectivity index (χ1n) is 7.95. The lowest BCUT2D eigenvalue weighted by Crippen LogP contribution is -2.45. The Balaban J connectivity index is 1.80. The quantitative estimate of drug-likeness (QED) is 0.851. The first kappa shape index (κ1) is 15.2. The molecule has 7 heteroatoms. The van der Waals surface area contributed by atoms with Crippen LogP contribution in [0.5, 0.6) is 0 Å². The Hall–Kier alpha value is -0.660. The molecule has 0 unspecified atom stereocenters. The van der Waals surface area contributed by atoms with Gasteiger partial charge in [-0.15, -0.1) is 0 Å². The van der Waals surface area contributed by atoms with Crippen molar-refractivity contribution in [2.75, 3.05) is 26.2 Å². The molecule has 3 aliphatic rings. The Morgan fingerprint density at radius 1 is 1.05 bits per heavy atom. The zero-order chi connectivity index (χ0) is 15.1. The number of aliphatic carboxylic acids is 1. The van der Waals surface area contributed by atoms with Crippen LogP contribution < -0.4 is 0 Å². The van der Waals surface area contributed by atoms with E-state index >= 15 is 0 Å². The molecule has 2 atom stereocenters. The molecule has 3 fully saturated rings. The van der Waals surface area contributed by atoms with Crippen molar-refractivity contribution in [2.24, 2.45) is 11.3 Å². The number of carbonyl (C=O) groups is 1. The van der Waals surface area contributed by atoms with Gasteiger partial charge in [0, 0.05) is 26.2 Å². The summed E-state index contributed by atoms with van der Waals surface area (Å²) < 4.78 is 28.6. The van der Waals surface area contributed by atoms with Crippen molar-refractivity contribution in [3.8, 4) is 0 Å². The van der Waals surface area contributed by atoms with Crippen LogP contribution in [0.25, 0.3) is 0 Å². The fourth-order valence-corrected chi connectivity index (χ4v) is 6.01.